The zero-order valence-corrected chi connectivity index (χ0v) is 7.84. The van der Waals surface area contributed by atoms with Crippen molar-refractivity contribution in [2.45, 2.75) is 25.9 Å². The highest BCUT2D eigenvalue weighted by Gasteiger charge is 2.24. The van der Waals surface area contributed by atoms with Crippen LogP contribution in [0, 0.1) is 5.82 Å². The summed E-state index contributed by atoms with van der Waals surface area (Å²) in [5, 5.41) is 9.80. The second-order valence-electron chi connectivity index (χ2n) is 3.37. The lowest BCUT2D eigenvalue weighted by Gasteiger charge is -2.22. The SMILES string of the molecule is CC[C@](C)(O)c1cc(N)ccc1F. The lowest BCUT2D eigenvalue weighted by Crippen LogP contribution is -2.21. The van der Waals surface area contributed by atoms with Crippen LogP contribution in [-0.4, -0.2) is 5.11 Å². The first-order valence-electron chi connectivity index (χ1n) is 4.25. The van der Waals surface area contributed by atoms with Gasteiger partial charge in [-0.15, -0.1) is 0 Å². The van der Waals surface area contributed by atoms with E-state index in [1.165, 1.54) is 18.2 Å². The molecule has 0 saturated carbocycles. The first kappa shape index (κ1) is 9.99. The van der Waals surface area contributed by atoms with Crippen LogP contribution in [0.2, 0.25) is 0 Å². The van der Waals surface area contributed by atoms with Gasteiger partial charge in [-0.3, -0.25) is 0 Å². The Kier molecular flexibility index (Phi) is 2.57. The minimum atomic E-state index is -1.14. The van der Waals surface area contributed by atoms with Crippen molar-refractivity contribution in [3.05, 3.63) is 29.6 Å². The van der Waals surface area contributed by atoms with Crippen molar-refractivity contribution in [1.82, 2.24) is 0 Å². The van der Waals surface area contributed by atoms with Crippen LogP contribution in [0.4, 0.5) is 10.1 Å². The Morgan fingerprint density at radius 3 is 2.69 bits per heavy atom. The Hall–Kier alpha value is -1.09. The number of rotatable bonds is 2. The van der Waals surface area contributed by atoms with Gasteiger partial charge in [0, 0.05) is 11.3 Å². The standard InChI is InChI=1S/C10H14FNO/c1-3-10(2,13)8-6-7(12)4-5-9(8)11/h4-6,13H,3,12H2,1-2H3/t10-/m0/s1. The van der Waals surface area contributed by atoms with Crippen molar-refractivity contribution < 1.29 is 9.50 Å². The zero-order chi connectivity index (χ0) is 10.1. The molecule has 0 amide bonds. The predicted molar refractivity (Wildman–Crippen MR) is 50.7 cm³/mol. The van der Waals surface area contributed by atoms with E-state index in [4.69, 9.17) is 5.73 Å². The highest BCUT2D eigenvalue weighted by Crippen LogP contribution is 2.27. The molecular weight excluding hydrogens is 169 g/mol. The molecule has 0 aliphatic heterocycles. The van der Waals surface area contributed by atoms with E-state index < -0.39 is 11.4 Å². The smallest absolute Gasteiger partial charge is 0.129 e. The maximum Gasteiger partial charge on any atom is 0.129 e. The molecule has 0 spiro atoms. The predicted octanol–water partition coefficient (Wildman–Crippen LogP) is 2.03. The van der Waals surface area contributed by atoms with Crippen molar-refractivity contribution in [3.8, 4) is 0 Å². The molecule has 1 aromatic rings. The van der Waals surface area contributed by atoms with E-state index in [0.717, 1.165) is 0 Å². The van der Waals surface area contributed by atoms with Gasteiger partial charge in [-0.2, -0.15) is 0 Å². The number of nitrogen functional groups attached to an aromatic ring is 1. The first-order valence-corrected chi connectivity index (χ1v) is 4.25. The highest BCUT2D eigenvalue weighted by molar-refractivity contribution is 5.43. The van der Waals surface area contributed by atoms with Gasteiger partial charge < -0.3 is 10.8 Å². The Bertz CT molecular complexity index is 310. The van der Waals surface area contributed by atoms with Gasteiger partial charge in [0.25, 0.3) is 0 Å². The molecule has 3 N–H and O–H groups in total. The van der Waals surface area contributed by atoms with Crippen molar-refractivity contribution in [1.29, 1.82) is 0 Å². The van der Waals surface area contributed by atoms with Gasteiger partial charge in [0.15, 0.2) is 0 Å². The van der Waals surface area contributed by atoms with Crippen LogP contribution < -0.4 is 5.73 Å². The molecule has 1 aromatic carbocycles. The van der Waals surface area contributed by atoms with Gasteiger partial charge in [0.2, 0.25) is 0 Å². The lowest BCUT2D eigenvalue weighted by atomic mass is 9.92. The number of hydrogen-bond acceptors (Lipinski definition) is 2. The van der Waals surface area contributed by atoms with Crippen LogP contribution in [0.3, 0.4) is 0 Å². The van der Waals surface area contributed by atoms with E-state index in [1.807, 2.05) is 0 Å². The molecule has 1 rings (SSSR count). The summed E-state index contributed by atoms with van der Waals surface area (Å²) in [4.78, 5) is 0. The van der Waals surface area contributed by atoms with Crippen LogP contribution in [0.25, 0.3) is 0 Å². The van der Waals surface area contributed by atoms with Crippen molar-refractivity contribution in [2.24, 2.45) is 0 Å². The third kappa shape index (κ3) is 1.98. The highest BCUT2D eigenvalue weighted by atomic mass is 19.1. The van der Waals surface area contributed by atoms with E-state index in [1.54, 1.807) is 13.8 Å². The molecule has 0 aromatic heterocycles. The topological polar surface area (TPSA) is 46.2 Å². The Labute approximate surface area is 77.2 Å². The number of anilines is 1. The number of aliphatic hydroxyl groups is 1. The second-order valence-corrected chi connectivity index (χ2v) is 3.37. The first-order chi connectivity index (χ1) is 5.97. The Morgan fingerprint density at radius 1 is 1.54 bits per heavy atom. The fourth-order valence-electron chi connectivity index (χ4n) is 1.15. The molecule has 0 heterocycles. The minimum Gasteiger partial charge on any atom is -0.399 e. The number of halogens is 1. The van der Waals surface area contributed by atoms with Gasteiger partial charge in [0.05, 0.1) is 5.60 Å². The molecule has 0 radical (unpaired) electrons. The van der Waals surface area contributed by atoms with E-state index in [2.05, 4.69) is 0 Å². The largest absolute Gasteiger partial charge is 0.399 e. The summed E-state index contributed by atoms with van der Waals surface area (Å²) in [5.41, 5.74) is 5.08. The summed E-state index contributed by atoms with van der Waals surface area (Å²) in [6.07, 6.45) is 0.452. The molecule has 0 unspecified atom stereocenters. The summed E-state index contributed by atoms with van der Waals surface area (Å²) in [7, 11) is 0. The molecular formula is C10H14FNO. The van der Waals surface area contributed by atoms with E-state index in [-0.39, 0.29) is 5.56 Å². The summed E-state index contributed by atoms with van der Waals surface area (Å²) in [5.74, 6) is -0.416. The van der Waals surface area contributed by atoms with Crippen LogP contribution in [-0.2, 0) is 5.60 Å². The maximum absolute atomic E-state index is 13.2. The molecule has 2 nitrogen and oxygen atoms in total. The molecule has 0 aliphatic carbocycles. The average Bonchev–Trinajstić information content (AvgIpc) is 2.09. The van der Waals surface area contributed by atoms with Gasteiger partial charge in [-0.25, -0.2) is 4.39 Å². The van der Waals surface area contributed by atoms with Crippen LogP contribution in [0.15, 0.2) is 18.2 Å². The van der Waals surface area contributed by atoms with Gasteiger partial charge in [-0.05, 0) is 31.5 Å². The van der Waals surface area contributed by atoms with Crippen molar-refractivity contribution >= 4 is 5.69 Å². The van der Waals surface area contributed by atoms with E-state index in [0.29, 0.717) is 12.1 Å². The summed E-state index contributed by atoms with van der Waals surface area (Å²) < 4.78 is 13.2. The Morgan fingerprint density at radius 2 is 2.15 bits per heavy atom. The quantitative estimate of drug-likeness (QED) is 0.689. The van der Waals surface area contributed by atoms with Gasteiger partial charge in [0.1, 0.15) is 5.82 Å². The molecule has 3 heteroatoms. The molecule has 1 atom stereocenters. The summed E-state index contributed by atoms with van der Waals surface area (Å²) in [6.45, 7) is 3.37. The molecule has 0 aliphatic rings. The lowest BCUT2D eigenvalue weighted by molar-refractivity contribution is 0.0494. The average molecular weight is 183 g/mol. The third-order valence-electron chi connectivity index (χ3n) is 2.26. The fourth-order valence-corrected chi connectivity index (χ4v) is 1.15. The van der Waals surface area contributed by atoms with Crippen LogP contribution >= 0.6 is 0 Å². The van der Waals surface area contributed by atoms with E-state index in [9.17, 15) is 9.50 Å². The molecule has 72 valence electrons. The number of hydrogen-bond donors (Lipinski definition) is 2. The molecule has 0 bridgehead atoms. The Balaban J connectivity index is 3.20. The maximum atomic E-state index is 13.2. The fraction of sp³-hybridized carbons (Fsp3) is 0.400. The van der Waals surface area contributed by atoms with Crippen LogP contribution in [0.5, 0.6) is 0 Å². The van der Waals surface area contributed by atoms with Crippen molar-refractivity contribution in [3.63, 3.8) is 0 Å². The molecule has 13 heavy (non-hydrogen) atoms. The molecule has 0 fully saturated rings. The molecule has 0 saturated heterocycles. The third-order valence-corrected chi connectivity index (χ3v) is 2.26. The number of benzene rings is 1. The minimum absolute atomic E-state index is 0.259. The van der Waals surface area contributed by atoms with Gasteiger partial charge >= 0.3 is 0 Å². The van der Waals surface area contributed by atoms with Crippen LogP contribution in [0.1, 0.15) is 25.8 Å². The number of nitrogens with two attached hydrogens (primary N) is 1. The normalized spacial score (nSPS) is 15.4. The van der Waals surface area contributed by atoms with Crippen molar-refractivity contribution in [2.75, 3.05) is 5.73 Å². The van der Waals surface area contributed by atoms with Gasteiger partial charge in [-0.1, -0.05) is 6.92 Å². The summed E-state index contributed by atoms with van der Waals surface area (Å²) >= 11 is 0. The van der Waals surface area contributed by atoms with E-state index >= 15 is 0 Å². The summed E-state index contributed by atoms with van der Waals surface area (Å²) in [6, 6.07) is 4.22. The zero-order valence-electron chi connectivity index (χ0n) is 7.84. The second kappa shape index (κ2) is 3.34. The monoisotopic (exact) mass is 183 g/mol.